The molecule has 0 saturated heterocycles. The lowest BCUT2D eigenvalue weighted by molar-refractivity contribution is 0.0526. The molecule has 0 spiro atoms. The summed E-state index contributed by atoms with van der Waals surface area (Å²) in [5.74, 6) is -0.477. The molecular formula is C18H21ClN2O4S. The second kappa shape index (κ2) is 7.75. The molecule has 0 radical (unpaired) electrons. The summed E-state index contributed by atoms with van der Waals surface area (Å²) in [5.41, 5.74) is -0.501. The van der Waals surface area contributed by atoms with Crippen LogP contribution in [0.3, 0.4) is 0 Å². The van der Waals surface area contributed by atoms with E-state index in [1.165, 1.54) is 38.4 Å². The maximum absolute atomic E-state index is 12.4. The molecule has 0 fully saturated rings. The summed E-state index contributed by atoms with van der Waals surface area (Å²) < 4.78 is 25.4. The van der Waals surface area contributed by atoms with Crippen molar-refractivity contribution in [2.75, 3.05) is 20.6 Å². The van der Waals surface area contributed by atoms with Crippen LogP contribution >= 0.6 is 11.6 Å². The number of nitrogens with one attached hydrogen (secondary N) is 1. The van der Waals surface area contributed by atoms with Gasteiger partial charge in [0.25, 0.3) is 5.91 Å². The van der Waals surface area contributed by atoms with Crippen molar-refractivity contribution in [2.24, 2.45) is 0 Å². The van der Waals surface area contributed by atoms with Gasteiger partial charge in [-0.2, -0.15) is 0 Å². The van der Waals surface area contributed by atoms with E-state index in [-0.39, 0.29) is 17.0 Å². The standard InChI is InChI=1S/C18H21ClN2O4S/c1-18(23,14-7-9-15(19)10-8-14)12-20-17(22)13-5-4-6-16(11-13)26(24,25)21(2)3/h4-11,23H,12H2,1-3H3,(H,20,22). The maximum atomic E-state index is 12.4. The molecule has 2 N–H and O–H groups in total. The lowest BCUT2D eigenvalue weighted by Gasteiger charge is -2.24. The number of rotatable bonds is 6. The van der Waals surface area contributed by atoms with Gasteiger partial charge in [0.1, 0.15) is 5.60 Å². The summed E-state index contributed by atoms with van der Waals surface area (Å²) in [5, 5.41) is 13.7. The Morgan fingerprint density at radius 2 is 1.81 bits per heavy atom. The van der Waals surface area contributed by atoms with Gasteiger partial charge in [-0.05, 0) is 42.8 Å². The Morgan fingerprint density at radius 1 is 1.19 bits per heavy atom. The molecule has 0 aromatic heterocycles. The smallest absolute Gasteiger partial charge is 0.251 e. The number of amides is 1. The second-order valence-electron chi connectivity index (χ2n) is 6.28. The largest absolute Gasteiger partial charge is 0.384 e. The molecule has 2 aromatic rings. The number of hydrogen-bond acceptors (Lipinski definition) is 4. The van der Waals surface area contributed by atoms with Crippen molar-refractivity contribution < 1.29 is 18.3 Å². The predicted molar refractivity (Wildman–Crippen MR) is 101 cm³/mol. The van der Waals surface area contributed by atoms with E-state index in [9.17, 15) is 18.3 Å². The molecule has 1 unspecified atom stereocenters. The van der Waals surface area contributed by atoms with Gasteiger partial charge in [0, 0.05) is 24.7 Å². The van der Waals surface area contributed by atoms with Gasteiger partial charge in [0.15, 0.2) is 0 Å². The Labute approximate surface area is 158 Å². The summed E-state index contributed by atoms with van der Waals surface area (Å²) in [6, 6.07) is 12.4. The molecule has 8 heteroatoms. The van der Waals surface area contributed by atoms with Gasteiger partial charge in [-0.25, -0.2) is 12.7 Å². The summed E-state index contributed by atoms with van der Waals surface area (Å²) in [6.07, 6.45) is 0. The normalized spacial score (nSPS) is 14.1. The first-order chi connectivity index (χ1) is 12.0. The quantitative estimate of drug-likeness (QED) is 0.783. The van der Waals surface area contributed by atoms with E-state index < -0.39 is 21.5 Å². The first-order valence-corrected chi connectivity index (χ1v) is 9.65. The number of hydrogen-bond donors (Lipinski definition) is 2. The molecule has 0 aliphatic rings. The summed E-state index contributed by atoms with van der Waals surface area (Å²) in [4.78, 5) is 12.4. The van der Waals surface area contributed by atoms with E-state index >= 15 is 0 Å². The van der Waals surface area contributed by atoms with E-state index in [1.807, 2.05) is 0 Å². The molecule has 1 amide bonds. The van der Waals surface area contributed by atoms with Gasteiger partial charge in [-0.1, -0.05) is 29.8 Å². The van der Waals surface area contributed by atoms with Crippen molar-refractivity contribution in [3.63, 3.8) is 0 Å². The van der Waals surface area contributed by atoms with Crippen LogP contribution in [-0.4, -0.2) is 44.4 Å². The third kappa shape index (κ3) is 4.62. The molecule has 1 atom stereocenters. The fourth-order valence-corrected chi connectivity index (χ4v) is 3.35. The molecule has 0 aliphatic carbocycles. The molecule has 140 valence electrons. The molecule has 2 rings (SSSR count). The molecule has 0 bridgehead atoms. The highest BCUT2D eigenvalue weighted by Crippen LogP contribution is 2.22. The average Bonchev–Trinajstić information content (AvgIpc) is 2.60. The fraction of sp³-hybridized carbons (Fsp3) is 0.278. The van der Waals surface area contributed by atoms with Crippen LogP contribution in [0.15, 0.2) is 53.4 Å². The van der Waals surface area contributed by atoms with E-state index in [0.717, 1.165) is 4.31 Å². The Bertz CT molecular complexity index is 894. The Hall–Kier alpha value is -1.93. The van der Waals surface area contributed by atoms with Crippen molar-refractivity contribution >= 4 is 27.5 Å². The predicted octanol–water partition coefficient (Wildman–Crippen LogP) is 2.23. The van der Waals surface area contributed by atoms with E-state index in [2.05, 4.69) is 5.32 Å². The topological polar surface area (TPSA) is 86.7 Å². The summed E-state index contributed by atoms with van der Waals surface area (Å²) in [6.45, 7) is 1.53. The highest BCUT2D eigenvalue weighted by Gasteiger charge is 2.24. The number of carbonyl (C=O) groups excluding carboxylic acids is 1. The molecule has 26 heavy (non-hydrogen) atoms. The van der Waals surface area contributed by atoms with Gasteiger partial charge >= 0.3 is 0 Å². The molecule has 6 nitrogen and oxygen atoms in total. The highest BCUT2D eigenvalue weighted by molar-refractivity contribution is 7.89. The first-order valence-electron chi connectivity index (χ1n) is 7.83. The van der Waals surface area contributed by atoms with E-state index in [1.54, 1.807) is 31.2 Å². The van der Waals surface area contributed by atoms with Gasteiger partial charge in [0.2, 0.25) is 10.0 Å². The SMILES string of the molecule is CN(C)S(=O)(=O)c1cccc(C(=O)NCC(C)(O)c2ccc(Cl)cc2)c1. The van der Waals surface area contributed by atoms with E-state index in [0.29, 0.717) is 10.6 Å². The van der Waals surface area contributed by atoms with Crippen molar-refractivity contribution in [1.29, 1.82) is 0 Å². The third-order valence-corrected chi connectivity index (χ3v) is 6.00. The van der Waals surface area contributed by atoms with Crippen LogP contribution in [0.4, 0.5) is 0 Å². The van der Waals surface area contributed by atoms with Crippen molar-refractivity contribution in [3.8, 4) is 0 Å². The van der Waals surface area contributed by atoms with Gasteiger partial charge in [-0.15, -0.1) is 0 Å². The number of sulfonamides is 1. The number of halogens is 1. The van der Waals surface area contributed by atoms with Crippen LogP contribution < -0.4 is 5.32 Å². The monoisotopic (exact) mass is 396 g/mol. The molecule has 0 heterocycles. The minimum absolute atomic E-state index is 0.0274. The third-order valence-electron chi connectivity index (χ3n) is 3.93. The van der Waals surface area contributed by atoms with Crippen LogP contribution in [0.25, 0.3) is 0 Å². The van der Waals surface area contributed by atoms with Crippen molar-refractivity contribution in [3.05, 3.63) is 64.7 Å². The van der Waals surface area contributed by atoms with Gasteiger partial charge < -0.3 is 10.4 Å². The number of nitrogens with zero attached hydrogens (tertiary/aromatic N) is 1. The number of aliphatic hydroxyl groups is 1. The number of carbonyl (C=O) groups is 1. The molecular weight excluding hydrogens is 376 g/mol. The Kier molecular flexibility index (Phi) is 6.08. The van der Waals surface area contributed by atoms with Gasteiger partial charge in [-0.3, -0.25) is 4.79 Å². The maximum Gasteiger partial charge on any atom is 0.251 e. The molecule has 0 aliphatic heterocycles. The summed E-state index contributed by atoms with van der Waals surface area (Å²) in [7, 11) is -0.788. The van der Waals surface area contributed by atoms with Crippen LogP contribution in [0.5, 0.6) is 0 Å². The lowest BCUT2D eigenvalue weighted by atomic mass is 9.96. The molecule has 2 aromatic carbocycles. The van der Waals surface area contributed by atoms with Crippen molar-refractivity contribution in [2.45, 2.75) is 17.4 Å². The zero-order chi connectivity index (χ0) is 19.5. The zero-order valence-electron chi connectivity index (χ0n) is 14.7. The van der Waals surface area contributed by atoms with Crippen LogP contribution in [0, 0.1) is 0 Å². The van der Waals surface area contributed by atoms with Crippen molar-refractivity contribution in [1.82, 2.24) is 9.62 Å². The zero-order valence-corrected chi connectivity index (χ0v) is 16.3. The molecule has 0 saturated carbocycles. The summed E-state index contributed by atoms with van der Waals surface area (Å²) >= 11 is 5.84. The van der Waals surface area contributed by atoms with Crippen LogP contribution in [0.1, 0.15) is 22.8 Å². The Morgan fingerprint density at radius 3 is 2.38 bits per heavy atom. The first kappa shape index (κ1) is 20.4. The minimum Gasteiger partial charge on any atom is -0.384 e. The fourth-order valence-electron chi connectivity index (χ4n) is 2.27. The highest BCUT2D eigenvalue weighted by atomic mass is 35.5. The van der Waals surface area contributed by atoms with Crippen LogP contribution in [0.2, 0.25) is 5.02 Å². The van der Waals surface area contributed by atoms with Crippen LogP contribution in [-0.2, 0) is 15.6 Å². The lowest BCUT2D eigenvalue weighted by Crippen LogP contribution is -2.38. The average molecular weight is 397 g/mol. The van der Waals surface area contributed by atoms with E-state index in [4.69, 9.17) is 11.6 Å². The second-order valence-corrected chi connectivity index (χ2v) is 8.87. The van der Waals surface area contributed by atoms with Gasteiger partial charge in [0.05, 0.1) is 11.4 Å². The minimum atomic E-state index is -3.63. The Balaban J connectivity index is 2.14. The number of benzene rings is 2.